The zero-order chi connectivity index (χ0) is 11.0. The van der Waals surface area contributed by atoms with Crippen LogP contribution in [0.25, 0.3) is 0 Å². The number of amides is 1. The number of β-amino-alcohol motifs (C(OH)–C–C–N with tert-alkyl or cyclic N) is 1. The van der Waals surface area contributed by atoms with Crippen molar-refractivity contribution < 1.29 is 9.90 Å². The van der Waals surface area contributed by atoms with Crippen molar-refractivity contribution in [3.63, 3.8) is 0 Å². The van der Waals surface area contributed by atoms with E-state index in [9.17, 15) is 4.79 Å². The summed E-state index contributed by atoms with van der Waals surface area (Å²) in [4.78, 5) is 17.0. The maximum absolute atomic E-state index is 11.7. The summed E-state index contributed by atoms with van der Waals surface area (Å²) in [6.07, 6.45) is 0.964. The second-order valence-electron chi connectivity index (χ2n) is 3.36. The van der Waals surface area contributed by atoms with Crippen molar-refractivity contribution in [2.24, 2.45) is 0 Å². The highest BCUT2D eigenvalue weighted by molar-refractivity contribution is 6.41. The van der Waals surface area contributed by atoms with Crippen molar-refractivity contribution in [2.75, 3.05) is 13.1 Å². The molecule has 0 unspecified atom stereocenters. The minimum Gasteiger partial charge on any atom is -0.389 e. The van der Waals surface area contributed by atoms with Crippen LogP contribution >= 0.6 is 23.2 Å². The highest BCUT2D eigenvalue weighted by Gasteiger charge is 2.29. The van der Waals surface area contributed by atoms with Gasteiger partial charge in [0.25, 0.3) is 5.91 Å². The molecule has 0 radical (unpaired) electrons. The lowest BCUT2D eigenvalue weighted by atomic mass is 10.1. The van der Waals surface area contributed by atoms with Crippen molar-refractivity contribution in [2.45, 2.75) is 6.10 Å². The van der Waals surface area contributed by atoms with Crippen LogP contribution in [0.2, 0.25) is 10.2 Å². The molecule has 0 saturated carbocycles. The van der Waals surface area contributed by atoms with Crippen LogP contribution in [0.15, 0.2) is 12.3 Å². The second-order valence-corrected chi connectivity index (χ2v) is 4.13. The Morgan fingerprint density at radius 1 is 1.53 bits per heavy atom. The van der Waals surface area contributed by atoms with Gasteiger partial charge in [-0.1, -0.05) is 23.2 Å². The van der Waals surface area contributed by atoms with Gasteiger partial charge in [0.05, 0.1) is 16.7 Å². The van der Waals surface area contributed by atoms with Gasteiger partial charge >= 0.3 is 0 Å². The van der Waals surface area contributed by atoms with Gasteiger partial charge in [0.1, 0.15) is 5.15 Å². The zero-order valence-electron chi connectivity index (χ0n) is 7.65. The lowest BCUT2D eigenvalue weighted by Crippen LogP contribution is -2.53. The van der Waals surface area contributed by atoms with Crippen LogP contribution in [0.4, 0.5) is 0 Å². The van der Waals surface area contributed by atoms with E-state index >= 15 is 0 Å². The monoisotopic (exact) mass is 246 g/mol. The Labute approximate surface area is 96.4 Å². The number of likely N-dealkylation sites (tertiary alicyclic amines) is 1. The highest BCUT2D eigenvalue weighted by atomic mass is 35.5. The molecule has 1 aliphatic rings. The van der Waals surface area contributed by atoms with Crippen molar-refractivity contribution in [3.8, 4) is 0 Å². The molecule has 1 amide bonds. The molecular weight excluding hydrogens is 239 g/mol. The first kappa shape index (κ1) is 10.7. The average Bonchev–Trinajstić information content (AvgIpc) is 2.16. The van der Waals surface area contributed by atoms with Gasteiger partial charge in [0.2, 0.25) is 0 Å². The first-order chi connectivity index (χ1) is 7.08. The number of carbonyl (C=O) groups excluding carboxylic acids is 1. The molecule has 4 nitrogen and oxygen atoms in total. The number of pyridine rings is 1. The van der Waals surface area contributed by atoms with Gasteiger partial charge in [0.15, 0.2) is 0 Å². The van der Waals surface area contributed by atoms with Crippen molar-refractivity contribution in [3.05, 3.63) is 28.0 Å². The van der Waals surface area contributed by atoms with Crippen LogP contribution in [0, 0.1) is 0 Å². The molecule has 1 N–H and O–H groups in total. The molecule has 1 aromatic rings. The minimum absolute atomic E-state index is 0.178. The number of halogens is 2. The summed E-state index contributed by atoms with van der Waals surface area (Å²) < 4.78 is 0. The van der Waals surface area contributed by atoms with Crippen LogP contribution < -0.4 is 0 Å². The van der Waals surface area contributed by atoms with Gasteiger partial charge < -0.3 is 10.0 Å². The summed E-state index contributed by atoms with van der Waals surface area (Å²) in [6, 6.07) is 1.48. The second kappa shape index (κ2) is 3.96. The lowest BCUT2D eigenvalue weighted by Gasteiger charge is -2.35. The number of hydrogen-bond donors (Lipinski definition) is 1. The SMILES string of the molecule is O=C(c1cnc(Cl)c(Cl)c1)N1CC(O)C1. The summed E-state index contributed by atoms with van der Waals surface area (Å²) in [5.74, 6) is -0.189. The fourth-order valence-corrected chi connectivity index (χ4v) is 1.61. The van der Waals surface area contributed by atoms with Gasteiger partial charge in [-0.15, -0.1) is 0 Å². The third-order valence-electron chi connectivity index (χ3n) is 2.19. The number of aliphatic hydroxyl groups excluding tert-OH is 1. The van der Waals surface area contributed by atoms with Gasteiger partial charge in [0, 0.05) is 19.3 Å². The Morgan fingerprint density at radius 2 is 2.20 bits per heavy atom. The van der Waals surface area contributed by atoms with E-state index in [1.165, 1.54) is 17.2 Å². The van der Waals surface area contributed by atoms with Gasteiger partial charge in [-0.25, -0.2) is 4.98 Å². The molecule has 6 heteroatoms. The molecule has 1 aromatic heterocycles. The Balaban J connectivity index is 2.16. The number of aromatic nitrogens is 1. The predicted molar refractivity (Wildman–Crippen MR) is 56.2 cm³/mol. The summed E-state index contributed by atoms with van der Waals surface area (Å²) in [6.45, 7) is 0.720. The summed E-state index contributed by atoms with van der Waals surface area (Å²) in [5, 5.41) is 9.49. The van der Waals surface area contributed by atoms with Crippen LogP contribution in [-0.2, 0) is 0 Å². The average molecular weight is 247 g/mol. The molecule has 0 aromatic carbocycles. The fourth-order valence-electron chi connectivity index (χ4n) is 1.34. The van der Waals surface area contributed by atoms with E-state index in [1.54, 1.807) is 0 Å². The number of nitrogens with zero attached hydrogens (tertiary/aromatic N) is 2. The Morgan fingerprint density at radius 3 is 2.73 bits per heavy atom. The lowest BCUT2D eigenvalue weighted by molar-refractivity contribution is 0.00587. The molecule has 0 bridgehead atoms. The Hall–Kier alpha value is -0.840. The molecular formula is C9H8Cl2N2O2. The zero-order valence-corrected chi connectivity index (χ0v) is 9.16. The Kier molecular flexibility index (Phi) is 2.82. The molecule has 0 atom stereocenters. The van der Waals surface area contributed by atoms with Gasteiger partial charge in [-0.3, -0.25) is 4.79 Å². The van der Waals surface area contributed by atoms with Crippen LogP contribution in [0.3, 0.4) is 0 Å². The van der Waals surface area contributed by atoms with E-state index in [-0.39, 0.29) is 16.1 Å². The fraction of sp³-hybridized carbons (Fsp3) is 0.333. The van der Waals surface area contributed by atoms with E-state index < -0.39 is 6.10 Å². The largest absolute Gasteiger partial charge is 0.389 e. The third-order valence-corrected chi connectivity index (χ3v) is 2.88. The molecule has 1 fully saturated rings. The van der Waals surface area contributed by atoms with Crippen molar-refractivity contribution >= 4 is 29.1 Å². The quantitative estimate of drug-likeness (QED) is 0.759. The molecule has 80 valence electrons. The van der Waals surface area contributed by atoms with E-state index in [0.717, 1.165) is 0 Å². The maximum atomic E-state index is 11.7. The van der Waals surface area contributed by atoms with E-state index in [2.05, 4.69) is 4.98 Å². The topological polar surface area (TPSA) is 53.4 Å². The van der Waals surface area contributed by atoms with E-state index in [0.29, 0.717) is 18.7 Å². The molecule has 1 aliphatic heterocycles. The van der Waals surface area contributed by atoms with E-state index in [4.69, 9.17) is 28.3 Å². The smallest absolute Gasteiger partial charge is 0.255 e. The molecule has 0 spiro atoms. The minimum atomic E-state index is -0.412. The standard InChI is InChI=1S/C9H8Cl2N2O2/c10-7-1-5(2-12-8(7)11)9(15)13-3-6(14)4-13/h1-2,6,14H,3-4H2. The predicted octanol–water partition coefficient (Wildman–Crippen LogP) is 1.21. The molecule has 2 rings (SSSR count). The van der Waals surface area contributed by atoms with E-state index in [1.807, 2.05) is 0 Å². The van der Waals surface area contributed by atoms with Crippen LogP contribution in [-0.4, -0.2) is 40.1 Å². The summed E-state index contributed by atoms with van der Waals surface area (Å²) in [5.41, 5.74) is 0.385. The summed E-state index contributed by atoms with van der Waals surface area (Å²) >= 11 is 11.4. The molecule has 0 aliphatic carbocycles. The molecule has 2 heterocycles. The van der Waals surface area contributed by atoms with Crippen LogP contribution in [0.1, 0.15) is 10.4 Å². The first-order valence-electron chi connectivity index (χ1n) is 4.36. The number of aliphatic hydroxyl groups is 1. The normalized spacial score (nSPS) is 16.3. The maximum Gasteiger partial charge on any atom is 0.255 e. The van der Waals surface area contributed by atoms with Gasteiger partial charge in [-0.05, 0) is 6.07 Å². The third kappa shape index (κ3) is 2.07. The molecule has 1 saturated heterocycles. The van der Waals surface area contributed by atoms with Gasteiger partial charge in [-0.2, -0.15) is 0 Å². The summed E-state index contributed by atoms with van der Waals surface area (Å²) in [7, 11) is 0. The number of rotatable bonds is 1. The van der Waals surface area contributed by atoms with Crippen molar-refractivity contribution in [1.82, 2.24) is 9.88 Å². The first-order valence-corrected chi connectivity index (χ1v) is 5.12. The number of hydrogen-bond acceptors (Lipinski definition) is 3. The van der Waals surface area contributed by atoms with Crippen LogP contribution in [0.5, 0.6) is 0 Å². The highest BCUT2D eigenvalue weighted by Crippen LogP contribution is 2.21. The van der Waals surface area contributed by atoms with Crippen molar-refractivity contribution in [1.29, 1.82) is 0 Å². The molecule has 15 heavy (non-hydrogen) atoms. The Bertz CT molecular complexity index is 405. The number of carbonyl (C=O) groups is 1.